The molecule has 0 heterocycles. The molecular formula is C8H13NO2. The van der Waals surface area contributed by atoms with Crippen molar-refractivity contribution in [2.45, 2.75) is 19.3 Å². The zero-order valence-corrected chi connectivity index (χ0v) is 6.45. The van der Waals surface area contributed by atoms with E-state index in [-0.39, 0.29) is 0 Å². The Hall–Kier alpha value is -0.990. The van der Waals surface area contributed by atoms with Crippen LogP contribution < -0.4 is 5.73 Å². The van der Waals surface area contributed by atoms with E-state index in [4.69, 9.17) is 5.73 Å². The maximum atomic E-state index is 10.2. The van der Waals surface area contributed by atoms with Gasteiger partial charge in [0.1, 0.15) is 0 Å². The number of hydrogen-bond donors (Lipinski definition) is 1. The van der Waals surface area contributed by atoms with Crippen LogP contribution in [0.2, 0.25) is 0 Å². The van der Waals surface area contributed by atoms with Crippen LogP contribution in [0.3, 0.4) is 0 Å². The summed E-state index contributed by atoms with van der Waals surface area (Å²) in [6.45, 7) is 0.449. The lowest BCUT2D eigenvalue weighted by atomic mass is 10.1. The van der Waals surface area contributed by atoms with Crippen LogP contribution in [0.4, 0.5) is 4.79 Å². The predicted molar refractivity (Wildman–Crippen MR) is 42.0 cm³/mol. The summed E-state index contributed by atoms with van der Waals surface area (Å²) in [5, 5.41) is 0. The molecule has 0 aliphatic heterocycles. The van der Waals surface area contributed by atoms with Gasteiger partial charge in [-0.2, -0.15) is 0 Å². The minimum Gasteiger partial charge on any atom is -0.450 e. The van der Waals surface area contributed by atoms with Crippen molar-refractivity contribution in [2.75, 3.05) is 6.61 Å². The fourth-order valence-corrected chi connectivity index (χ4v) is 1.25. The van der Waals surface area contributed by atoms with Gasteiger partial charge in [-0.15, -0.1) is 0 Å². The van der Waals surface area contributed by atoms with Gasteiger partial charge in [0.25, 0.3) is 0 Å². The Morgan fingerprint density at radius 1 is 1.73 bits per heavy atom. The molecule has 0 fully saturated rings. The second-order valence-corrected chi connectivity index (χ2v) is 2.72. The number of allylic oxidation sites excluding steroid dienone is 2. The Labute approximate surface area is 66.2 Å². The predicted octanol–water partition coefficient (Wildman–Crippen LogP) is 1.44. The van der Waals surface area contributed by atoms with Crippen molar-refractivity contribution in [1.29, 1.82) is 0 Å². The third kappa shape index (κ3) is 3.07. The molecule has 0 aromatic rings. The average molecular weight is 155 g/mol. The highest BCUT2D eigenvalue weighted by molar-refractivity contribution is 5.64. The first-order chi connectivity index (χ1) is 5.29. The first kappa shape index (κ1) is 8.11. The van der Waals surface area contributed by atoms with Crippen molar-refractivity contribution in [1.82, 2.24) is 0 Å². The second-order valence-electron chi connectivity index (χ2n) is 2.72. The number of carbonyl (C=O) groups is 1. The zero-order valence-electron chi connectivity index (χ0n) is 6.45. The SMILES string of the molecule is NC(=O)OCCC1C=CCC1. The summed E-state index contributed by atoms with van der Waals surface area (Å²) in [5.74, 6) is 0.592. The van der Waals surface area contributed by atoms with Crippen LogP contribution in [0.15, 0.2) is 12.2 Å². The summed E-state index contributed by atoms with van der Waals surface area (Å²) in [6, 6.07) is 0. The fourth-order valence-electron chi connectivity index (χ4n) is 1.25. The van der Waals surface area contributed by atoms with Gasteiger partial charge in [-0.3, -0.25) is 0 Å². The van der Waals surface area contributed by atoms with E-state index in [1.165, 1.54) is 6.42 Å². The van der Waals surface area contributed by atoms with Gasteiger partial charge in [0.2, 0.25) is 0 Å². The van der Waals surface area contributed by atoms with E-state index < -0.39 is 6.09 Å². The molecule has 3 heteroatoms. The highest BCUT2D eigenvalue weighted by Crippen LogP contribution is 2.19. The lowest BCUT2D eigenvalue weighted by molar-refractivity contribution is 0.151. The van der Waals surface area contributed by atoms with Crippen LogP contribution in [0, 0.1) is 5.92 Å². The van der Waals surface area contributed by atoms with E-state index in [2.05, 4.69) is 16.9 Å². The van der Waals surface area contributed by atoms with Crippen LogP contribution in [-0.4, -0.2) is 12.7 Å². The fraction of sp³-hybridized carbons (Fsp3) is 0.625. The van der Waals surface area contributed by atoms with Crippen molar-refractivity contribution < 1.29 is 9.53 Å². The molecule has 3 nitrogen and oxygen atoms in total. The standard InChI is InChI=1S/C8H13NO2/c9-8(10)11-6-5-7-3-1-2-4-7/h1,3,7H,2,4-6H2,(H2,9,10). The van der Waals surface area contributed by atoms with Crippen molar-refractivity contribution in [3.05, 3.63) is 12.2 Å². The number of ether oxygens (including phenoxy) is 1. The van der Waals surface area contributed by atoms with Crippen LogP contribution in [0.5, 0.6) is 0 Å². The monoisotopic (exact) mass is 155 g/mol. The molecule has 1 aliphatic rings. The quantitative estimate of drug-likeness (QED) is 0.627. The third-order valence-electron chi connectivity index (χ3n) is 1.85. The molecule has 0 saturated carbocycles. The number of hydrogen-bond acceptors (Lipinski definition) is 2. The molecule has 0 radical (unpaired) electrons. The smallest absolute Gasteiger partial charge is 0.404 e. The lowest BCUT2D eigenvalue weighted by Gasteiger charge is -2.05. The van der Waals surface area contributed by atoms with E-state index in [0.29, 0.717) is 12.5 Å². The molecule has 0 aromatic carbocycles. The highest BCUT2D eigenvalue weighted by atomic mass is 16.5. The van der Waals surface area contributed by atoms with Gasteiger partial charge in [0, 0.05) is 0 Å². The summed E-state index contributed by atoms with van der Waals surface area (Å²) < 4.78 is 4.61. The molecule has 11 heavy (non-hydrogen) atoms. The largest absolute Gasteiger partial charge is 0.450 e. The van der Waals surface area contributed by atoms with Crippen molar-refractivity contribution in [2.24, 2.45) is 11.7 Å². The number of primary amides is 1. The van der Waals surface area contributed by atoms with Gasteiger partial charge < -0.3 is 10.5 Å². The summed E-state index contributed by atoms with van der Waals surface area (Å²) in [7, 11) is 0. The maximum Gasteiger partial charge on any atom is 0.404 e. The number of rotatable bonds is 3. The van der Waals surface area contributed by atoms with Gasteiger partial charge >= 0.3 is 6.09 Å². The normalized spacial score (nSPS) is 22.0. The van der Waals surface area contributed by atoms with Gasteiger partial charge in [0.05, 0.1) is 6.61 Å². The summed E-state index contributed by atoms with van der Waals surface area (Å²) in [5.41, 5.74) is 4.80. The first-order valence-corrected chi connectivity index (χ1v) is 3.88. The number of amides is 1. The Morgan fingerprint density at radius 3 is 3.09 bits per heavy atom. The summed E-state index contributed by atoms with van der Waals surface area (Å²) in [4.78, 5) is 10.2. The van der Waals surface area contributed by atoms with Gasteiger partial charge in [-0.25, -0.2) is 4.79 Å². The van der Waals surface area contributed by atoms with E-state index in [0.717, 1.165) is 12.8 Å². The maximum absolute atomic E-state index is 10.2. The van der Waals surface area contributed by atoms with Crippen molar-refractivity contribution in [3.63, 3.8) is 0 Å². The molecule has 1 rings (SSSR count). The number of carbonyl (C=O) groups excluding carboxylic acids is 1. The van der Waals surface area contributed by atoms with E-state index in [1.54, 1.807) is 0 Å². The zero-order chi connectivity index (χ0) is 8.10. The molecule has 0 spiro atoms. The van der Waals surface area contributed by atoms with Crippen LogP contribution in [-0.2, 0) is 4.74 Å². The molecule has 0 aromatic heterocycles. The molecule has 1 atom stereocenters. The number of nitrogens with two attached hydrogens (primary N) is 1. The van der Waals surface area contributed by atoms with E-state index >= 15 is 0 Å². The summed E-state index contributed by atoms with van der Waals surface area (Å²) in [6.07, 6.45) is 6.90. The minimum atomic E-state index is -0.674. The van der Waals surface area contributed by atoms with Crippen LogP contribution >= 0.6 is 0 Å². The molecule has 1 unspecified atom stereocenters. The first-order valence-electron chi connectivity index (χ1n) is 3.88. The minimum absolute atomic E-state index is 0.449. The van der Waals surface area contributed by atoms with Crippen molar-refractivity contribution in [3.8, 4) is 0 Å². The molecule has 1 aliphatic carbocycles. The molecule has 0 saturated heterocycles. The Balaban J connectivity index is 2.03. The van der Waals surface area contributed by atoms with Crippen LogP contribution in [0.1, 0.15) is 19.3 Å². The van der Waals surface area contributed by atoms with Crippen molar-refractivity contribution >= 4 is 6.09 Å². The Kier molecular flexibility index (Phi) is 2.95. The molecule has 2 N–H and O–H groups in total. The topological polar surface area (TPSA) is 52.3 Å². The van der Waals surface area contributed by atoms with Gasteiger partial charge in [-0.05, 0) is 25.2 Å². The third-order valence-corrected chi connectivity index (χ3v) is 1.85. The van der Waals surface area contributed by atoms with E-state index in [9.17, 15) is 4.79 Å². The lowest BCUT2D eigenvalue weighted by Crippen LogP contribution is -2.14. The highest BCUT2D eigenvalue weighted by Gasteiger charge is 2.08. The molecule has 1 amide bonds. The van der Waals surface area contributed by atoms with Gasteiger partial charge in [0.15, 0.2) is 0 Å². The molecule has 0 bridgehead atoms. The summed E-state index contributed by atoms with van der Waals surface area (Å²) >= 11 is 0. The molecule has 62 valence electrons. The second kappa shape index (κ2) is 4.01. The van der Waals surface area contributed by atoms with Gasteiger partial charge in [-0.1, -0.05) is 12.2 Å². The molecular weight excluding hydrogens is 142 g/mol. The Bertz CT molecular complexity index is 165. The van der Waals surface area contributed by atoms with Crippen LogP contribution in [0.25, 0.3) is 0 Å². The average Bonchev–Trinajstić information content (AvgIpc) is 2.39. The van der Waals surface area contributed by atoms with E-state index in [1.807, 2.05) is 0 Å². The Morgan fingerprint density at radius 2 is 2.55 bits per heavy atom.